The van der Waals surface area contributed by atoms with E-state index in [1.54, 1.807) is 0 Å². The van der Waals surface area contributed by atoms with Crippen molar-refractivity contribution in [3.63, 3.8) is 0 Å². The van der Waals surface area contributed by atoms with Gasteiger partial charge in [0.15, 0.2) is 0 Å². The zero-order valence-corrected chi connectivity index (χ0v) is 21.5. The van der Waals surface area contributed by atoms with Crippen LogP contribution in [-0.4, -0.2) is 86.0 Å². The van der Waals surface area contributed by atoms with Crippen molar-refractivity contribution in [1.29, 1.82) is 0 Å². The maximum absolute atomic E-state index is 13.0. The number of carbonyl (C=O) groups excluding carboxylic acids is 3. The third-order valence-electron chi connectivity index (χ3n) is 5.68. The largest absolute Gasteiger partial charge is 0.481 e. The van der Waals surface area contributed by atoms with Gasteiger partial charge in [0.05, 0.1) is 12.4 Å². The Balaban J connectivity index is 3.00. The van der Waals surface area contributed by atoms with Gasteiger partial charge in [-0.15, -0.1) is 0 Å². The van der Waals surface area contributed by atoms with E-state index in [0.717, 1.165) is 0 Å². The SMILES string of the molecule is CCC(C)C(N)C(=O)NC(CCSC)C(=O)NC(CCC(=O)O)C(=O)NC(Cc1cnc[nH]1)C(=O)O. The Kier molecular flexibility index (Phi) is 13.5. The first-order valence-electron chi connectivity index (χ1n) is 11.6. The molecular weight excluding hydrogens is 492 g/mol. The third-order valence-corrected chi connectivity index (χ3v) is 6.32. The Morgan fingerprint density at radius 2 is 1.61 bits per heavy atom. The molecule has 3 amide bonds. The number of aliphatic carboxylic acids is 2. The standard InChI is InChI=1S/C22H36N6O7S/c1-4-12(2)18(23)21(33)27-15(7-8-36-3)20(32)26-14(5-6-17(29)30)19(31)28-16(22(34)35)9-13-10-24-11-25-13/h10-12,14-16,18H,4-9,23H2,1-3H3,(H,24,25)(H,26,32)(H,27,33)(H,28,31)(H,29,30)(H,34,35). The highest BCUT2D eigenvalue weighted by Crippen LogP contribution is 2.09. The van der Waals surface area contributed by atoms with Crippen LogP contribution in [0.4, 0.5) is 0 Å². The van der Waals surface area contributed by atoms with E-state index in [9.17, 15) is 29.1 Å². The molecule has 1 aromatic heterocycles. The van der Waals surface area contributed by atoms with Crippen LogP contribution >= 0.6 is 11.8 Å². The van der Waals surface area contributed by atoms with Crippen molar-refractivity contribution in [1.82, 2.24) is 25.9 Å². The molecule has 0 aliphatic carbocycles. The first-order chi connectivity index (χ1) is 17.0. The fourth-order valence-electron chi connectivity index (χ4n) is 3.18. The lowest BCUT2D eigenvalue weighted by atomic mass is 9.99. The first kappa shape index (κ1) is 30.9. The Hall–Kier alpha value is -3.13. The summed E-state index contributed by atoms with van der Waals surface area (Å²) < 4.78 is 0. The zero-order chi connectivity index (χ0) is 27.3. The number of nitrogens with one attached hydrogen (secondary N) is 4. The number of imidazole rings is 1. The van der Waals surface area contributed by atoms with Crippen LogP contribution < -0.4 is 21.7 Å². The molecule has 1 heterocycles. The molecule has 0 radical (unpaired) electrons. The molecule has 1 rings (SSSR count). The number of hydrogen-bond acceptors (Lipinski definition) is 8. The van der Waals surface area contributed by atoms with E-state index in [2.05, 4.69) is 25.9 Å². The number of aromatic nitrogens is 2. The number of thioether (sulfide) groups is 1. The maximum atomic E-state index is 13.0. The number of carboxylic acids is 2. The average Bonchev–Trinajstić information content (AvgIpc) is 3.35. The van der Waals surface area contributed by atoms with Crippen molar-refractivity contribution in [3.8, 4) is 0 Å². The van der Waals surface area contributed by atoms with Gasteiger partial charge in [-0.3, -0.25) is 19.2 Å². The molecule has 0 bridgehead atoms. The van der Waals surface area contributed by atoms with Crippen molar-refractivity contribution in [3.05, 3.63) is 18.2 Å². The summed E-state index contributed by atoms with van der Waals surface area (Å²) in [5, 5.41) is 26.0. The van der Waals surface area contributed by atoms with Crippen LogP contribution in [-0.2, 0) is 30.4 Å². The number of carbonyl (C=O) groups is 5. The van der Waals surface area contributed by atoms with E-state index in [1.807, 2.05) is 20.1 Å². The minimum atomic E-state index is -1.34. The smallest absolute Gasteiger partial charge is 0.326 e. The number of aromatic amines is 1. The van der Waals surface area contributed by atoms with Gasteiger partial charge in [0.1, 0.15) is 18.1 Å². The van der Waals surface area contributed by atoms with E-state index < -0.39 is 60.2 Å². The predicted octanol–water partition coefficient (Wildman–Crippen LogP) is -0.517. The summed E-state index contributed by atoms with van der Waals surface area (Å²) in [6.07, 6.45) is 4.69. The molecule has 0 saturated heterocycles. The first-order valence-corrected chi connectivity index (χ1v) is 13.0. The molecule has 0 saturated carbocycles. The lowest BCUT2D eigenvalue weighted by Crippen LogP contribution is -2.58. The molecule has 5 unspecified atom stereocenters. The number of amides is 3. The Bertz CT molecular complexity index is 882. The molecule has 8 N–H and O–H groups in total. The van der Waals surface area contributed by atoms with Gasteiger partial charge >= 0.3 is 11.9 Å². The summed E-state index contributed by atoms with van der Waals surface area (Å²) in [7, 11) is 0. The fraction of sp³-hybridized carbons (Fsp3) is 0.636. The summed E-state index contributed by atoms with van der Waals surface area (Å²) >= 11 is 1.45. The molecule has 0 aliphatic heterocycles. The van der Waals surface area contributed by atoms with E-state index in [0.29, 0.717) is 17.9 Å². The molecule has 14 heteroatoms. The number of nitrogens with zero attached hydrogens (tertiary/aromatic N) is 1. The van der Waals surface area contributed by atoms with E-state index in [4.69, 9.17) is 10.8 Å². The lowest BCUT2D eigenvalue weighted by Gasteiger charge is -2.26. The number of rotatable bonds is 17. The molecule has 0 fully saturated rings. The highest BCUT2D eigenvalue weighted by molar-refractivity contribution is 7.98. The minimum absolute atomic E-state index is 0.0966. The second-order valence-electron chi connectivity index (χ2n) is 8.43. The van der Waals surface area contributed by atoms with Gasteiger partial charge < -0.3 is 36.9 Å². The van der Waals surface area contributed by atoms with E-state index >= 15 is 0 Å². The molecule has 36 heavy (non-hydrogen) atoms. The lowest BCUT2D eigenvalue weighted by molar-refractivity contribution is -0.143. The van der Waals surface area contributed by atoms with Crippen LogP contribution in [0.15, 0.2) is 12.5 Å². The van der Waals surface area contributed by atoms with Crippen molar-refractivity contribution in [2.75, 3.05) is 12.0 Å². The highest BCUT2D eigenvalue weighted by Gasteiger charge is 2.31. The second kappa shape index (κ2) is 15.8. The molecule has 1 aromatic rings. The van der Waals surface area contributed by atoms with E-state index in [1.165, 1.54) is 24.3 Å². The van der Waals surface area contributed by atoms with Crippen molar-refractivity contribution in [2.45, 2.75) is 70.1 Å². The Morgan fingerprint density at radius 1 is 1.03 bits per heavy atom. The van der Waals surface area contributed by atoms with Gasteiger partial charge in [-0.05, 0) is 30.8 Å². The molecule has 0 spiro atoms. The van der Waals surface area contributed by atoms with Gasteiger partial charge in [0.2, 0.25) is 17.7 Å². The van der Waals surface area contributed by atoms with Crippen molar-refractivity contribution in [2.24, 2.45) is 11.7 Å². The third kappa shape index (κ3) is 10.6. The summed E-state index contributed by atoms with van der Waals surface area (Å²) in [5.74, 6) is -4.17. The Morgan fingerprint density at radius 3 is 2.11 bits per heavy atom. The van der Waals surface area contributed by atoms with E-state index in [-0.39, 0.29) is 25.2 Å². The number of H-pyrrole nitrogens is 1. The minimum Gasteiger partial charge on any atom is -0.481 e. The molecule has 202 valence electrons. The molecule has 0 aliphatic rings. The zero-order valence-electron chi connectivity index (χ0n) is 20.7. The molecule has 0 aromatic carbocycles. The highest BCUT2D eigenvalue weighted by atomic mass is 32.2. The second-order valence-corrected chi connectivity index (χ2v) is 9.41. The number of hydrogen-bond donors (Lipinski definition) is 7. The van der Waals surface area contributed by atoms with Crippen LogP contribution in [0.1, 0.15) is 45.2 Å². The Labute approximate surface area is 213 Å². The number of carboxylic acid groups (broad SMARTS) is 2. The van der Waals surface area contributed by atoms with Crippen LogP contribution in [0.25, 0.3) is 0 Å². The normalized spacial score (nSPS) is 15.1. The van der Waals surface area contributed by atoms with Crippen LogP contribution in [0, 0.1) is 5.92 Å². The van der Waals surface area contributed by atoms with Crippen LogP contribution in [0.5, 0.6) is 0 Å². The van der Waals surface area contributed by atoms with Gasteiger partial charge in [-0.2, -0.15) is 11.8 Å². The van der Waals surface area contributed by atoms with Gasteiger partial charge in [-0.25, -0.2) is 9.78 Å². The molecule has 5 atom stereocenters. The summed E-state index contributed by atoms with van der Waals surface area (Å²) in [6.45, 7) is 3.70. The maximum Gasteiger partial charge on any atom is 0.326 e. The van der Waals surface area contributed by atoms with Crippen molar-refractivity contribution < 1.29 is 34.2 Å². The monoisotopic (exact) mass is 528 g/mol. The van der Waals surface area contributed by atoms with Gasteiger partial charge in [0.25, 0.3) is 0 Å². The van der Waals surface area contributed by atoms with Gasteiger partial charge in [-0.1, -0.05) is 20.3 Å². The average molecular weight is 529 g/mol. The van der Waals surface area contributed by atoms with Crippen LogP contribution in [0.3, 0.4) is 0 Å². The molecular formula is C22H36N6O7S. The topological polar surface area (TPSA) is 217 Å². The molecule has 13 nitrogen and oxygen atoms in total. The quantitative estimate of drug-likeness (QED) is 0.137. The predicted molar refractivity (Wildman–Crippen MR) is 133 cm³/mol. The summed E-state index contributed by atoms with van der Waals surface area (Å²) in [4.78, 5) is 67.9. The summed E-state index contributed by atoms with van der Waals surface area (Å²) in [6, 6.07) is -4.53. The van der Waals surface area contributed by atoms with Gasteiger partial charge in [0, 0.05) is 24.7 Å². The number of nitrogens with two attached hydrogens (primary N) is 1. The van der Waals surface area contributed by atoms with Crippen LogP contribution in [0.2, 0.25) is 0 Å². The summed E-state index contributed by atoms with van der Waals surface area (Å²) in [5.41, 5.74) is 6.44. The fourth-order valence-corrected chi connectivity index (χ4v) is 3.65. The van der Waals surface area contributed by atoms with Crippen molar-refractivity contribution >= 4 is 41.4 Å².